The smallest absolute Gasteiger partial charge is 0.276 e. The number of nitrogens with one attached hydrogen (secondary N) is 1. The van der Waals surface area contributed by atoms with Crippen LogP contribution in [0.15, 0.2) is 83.0 Å². The van der Waals surface area contributed by atoms with Gasteiger partial charge in [0, 0.05) is 18.1 Å². The molecule has 1 amide bonds. The van der Waals surface area contributed by atoms with Crippen LogP contribution in [0.2, 0.25) is 0 Å². The number of carbonyl (C=O) groups is 1. The number of aromatic nitrogens is 4. The van der Waals surface area contributed by atoms with Gasteiger partial charge in [-0.25, -0.2) is 30.5 Å². The average Bonchev–Trinajstić information content (AvgIpc) is 3.54. The number of halogens is 3. The van der Waals surface area contributed by atoms with E-state index in [0.717, 1.165) is 37.4 Å². The van der Waals surface area contributed by atoms with Crippen molar-refractivity contribution in [3.8, 4) is 0 Å². The van der Waals surface area contributed by atoms with Gasteiger partial charge in [0.15, 0.2) is 17.5 Å². The number of hydrogen-bond donors (Lipinski definition) is 1. The number of carbonyl (C=O) groups excluding carboxylic acids is 1. The van der Waals surface area contributed by atoms with E-state index in [1.165, 1.54) is 48.0 Å². The molecule has 2 aromatic carbocycles. The summed E-state index contributed by atoms with van der Waals surface area (Å²) in [5.74, 6) is -5.56. The first-order valence-corrected chi connectivity index (χ1v) is 15.4. The molecule has 0 bridgehead atoms. The van der Waals surface area contributed by atoms with E-state index in [0.29, 0.717) is 38.9 Å². The number of rotatable bonds is 7. The highest BCUT2D eigenvalue weighted by atomic mass is 32.2. The minimum Gasteiger partial charge on any atom is -0.313 e. The lowest BCUT2D eigenvalue weighted by molar-refractivity contribution is 0.0979. The molecule has 0 unspecified atom stereocenters. The van der Waals surface area contributed by atoms with Gasteiger partial charge in [-0.2, -0.15) is 0 Å². The highest BCUT2D eigenvalue weighted by Gasteiger charge is 2.29. The molecule has 0 saturated heterocycles. The maximum Gasteiger partial charge on any atom is 0.276 e. The summed E-state index contributed by atoms with van der Waals surface area (Å²) in [6.45, 7) is -0.0799. The summed E-state index contributed by atoms with van der Waals surface area (Å²) in [4.78, 5) is 38.1. The number of pyridine rings is 1. The van der Waals surface area contributed by atoms with E-state index in [9.17, 15) is 31.2 Å². The third-order valence-electron chi connectivity index (χ3n) is 7.87. The Hall–Kier alpha value is -4.78. The third kappa shape index (κ3) is 5.50. The summed E-state index contributed by atoms with van der Waals surface area (Å²) < 4.78 is 68.9. The molecule has 0 aliphatic heterocycles. The molecule has 6 rings (SSSR count). The number of amides is 1. The van der Waals surface area contributed by atoms with E-state index in [-0.39, 0.29) is 23.2 Å². The molecule has 1 N–H and O–H groups in total. The third-order valence-corrected chi connectivity index (χ3v) is 9.54. The number of aromatic amines is 1. The van der Waals surface area contributed by atoms with E-state index < -0.39 is 38.3 Å². The maximum atomic E-state index is 14.1. The van der Waals surface area contributed by atoms with Crippen molar-refractivity contribution in [1.29, 1.82) is 0 Å². The van der Waals surface area contributed by atoms with Gasteiger partial charge in [-0.05, 0) is 72.9 Å². The molecule has 1 fully saturated rings. The minimum atomic E-state index is -4.73. The molecule has 3 aromatic heterocycles. The number of benzene rings is 2. The van der Waals surface area contributed by atoms with Crippen molar-refractivity contribution in [2.45, 2.75) is 49.5 Å². The Labute approximate surface area is 250 Å². The molecule has 0 atom stereocenters. The first-order valence-electron chi connectivity index (χ1n) is 13.9. The molecule has 9 nitrogen and oxygen atoms in total. The molecule has 3 heterocycles. The number of nitrogens with zero attached hydrogens (tertiary/aromatic N) is 4. The van der Waals surface area contributed by atoms with Crippen LogP contribution in [0.1, 0.15) is 59.8 Å². The Morgan fingerprint density at radius 2 is 1.73 bits per heavy atom. The molecule has 1 aliphatic rings. The molecular weight excluding hydrogens is 595 g/mol. The number of H-pyrrole nitrogens is 1. The molecule has 226 valence electrons. The van der Waals surface area contributed by atoms with Crippen LogP contribution < -0.4 is 10.5 Å². The second kappa shape index (κ2) is 11.7. The van der Waals surface area contributed by atoms with Crippen molar-refractivity contribution >= 4 is 32.5 Å². The van der Waals surface area contributed by atoms with Crippen molar-refractivity contribution in [2.24, 2.45) is 0 Å². The first kappa shape index (κ1) is 29.3. The lowest BCUT2D eigenvalue weighted by Crippen LogP contribution is -2.33. The van der Waals surface area contributed by atoms with Gasteiger partial charge in [-0.1, -0.05) is 25.3 Å². The fourth-order valence-corrected chi connectivity index (χ4v) is 6.91. The van der Waals surface area contributed by atoms with E-state index in [1.807, 2.05) is 12.1 Å². The summed E-state index contributed by atoms with van der Waals surface area (Å²) in [5, 5.41) is 0.282. The molecule has 13 heteroatoms. The number of hydrogen-bond acceptors (Lipinski definition) is 6. The maximum absolute atomic E-state index is 14.1. The van der Waals surface area contributed by atoms with Gasteiger partial charge in [0.2, 0.25) is 0 Å². The zero-order valence-electron chi connectivity index (χ0n) is 23.2. The van der Waals surface area contributed by atoms with E-state index in [2.05, 4.69) is 15.0 Å². The van der Waals surface area contributed by atoms with Gasteiger partial charge in [-0.15, -0.1) is 0 Å². The Bertz CT molecular complexity index is 2010. The Balaban J connectivity index is 1.40. The van der Waals surface area contributed by atoms with Crippen molar-refractivity contribution in [2.75, 3.05) is 4.90 Å². The second-order valence-electron chi connectivity index (χ2n) is 10.6. The van der Waals surface area contributed by atoms with Crippen LogP contribution in [-0.4, -0.2) is 33.2 Å². The van der Waals surface area contributed by atoms with Crippen LogP contribution in [-0.2, 0) is 16.6 Å². The number of fused-ring (bicyclic) bond motifs is 1. The monoisotopic (exact) mass is 621 g/mol. The van der Waals surface area contributed by atoms with Gasteiger partial charge in [0.05, 0.1) is 34.4 Å². The van der Waals surface area contributed by atoms with Gasteiger partial charge in [-0.3, -0.25) is 14.6 Å². The lowest BCUT2D eigenvalue weighted by Gasteiger charge is -2.24. The molecule has 5 aromatic rings. The SMILES string of the molecule is O=C(c1cccn1S(=O)(=O)c1cc(F)c(F)c(F)c1)N(Cc1ccc(C2CCCCC2)cn1)c1ccc2c(=O)[nH]cnc2c1. The van der Waals surface area contributed by atoms with E-state index in [1.54, 1.807) is 6.20 Å². The standard InChI is InChI=1S/C31H26F3N5O4S/c32-25-14-23(15-26(33)29(25)34)44(42,43)39-12-4-7-28(39)31(41)38(22-10-11-24-27(13-22)36-18-37-30(24)40)17-21-9-8-20(16-35-21)19-5-2-1-3-6-19/h4,7-16,18-19H,1-3,5-6,17H2,(H,36,37,40). The van der Waals surface area contributed by atoms with Crippen LogP contribution in [0.3, 0.4) is 0 Å². The zero-order chi connectivity index (χ0) is 31.0. The topological polar surface area (TPSA) is 118 Å². The highest BCUT2D eigenvalue weighted by molar-refractivity contribution is 7.90. The molecule has 1 aliphatic carbocycles. The van der Waals surface area contributed by atoms with Crippen molar-refractivity contribution in [3.63, 3.8) is 0 Å². The number of anilines is 1. The molecular formula is C31H26F3N5O4S. The Morgan fingerprint density at radius 3 is 2.43 bits per heavy atom. The quantitative estimate of drug-likeness (QED) is 0.234. The largest absolute Gasteiger partial charge is 0.313 e. The van der Waals surface area contributed by atoms with Crippen molar-refractivity contribution < 1.29 is 26.4 Å². The molecule has 44 heavy (non-hydrogen) atoms. The normalized spacial score (nSPS) is 14.2. The van der Waals surface area contributed by atoms with Crippen LogP contribution in [0.25, 0.3) is 10.9 Å². The summed E-state index contributed by atoms with van der Waals surface area (Å²) in [6.07, 6.45) is 9.78. The fourth-order valence-electron chi connectivity index (χ4n) is 5.55. The Kier molecular flexibility index (Phi) is 7.80. The van der Waals surface area contributed by atoms with Crippen LogP contribution >= 0.6 is 0 Å². The van der Waals surface area contributed by atoms with Gasteiger partial charge < -0.3 is 9.88 Å². The van der Waals surface area contributed by atoms with E-state index in [4.69, 9.17) is 0 Å². The highest BCUT2D eigenvalue weighted by Crippen LogP contribution is 2.32. The van der Waals surface area contributed by atoms with E-state index >= 15 is 0 Å². The zero-order valence-corrected chi connectivity index (χ0v) is 24.0. The fraction of sp³-hybridized carbons (Fsp3) is 0.226. The minimum absolute atomic E-state index is 0.0799. The van der Waals surface area contributed by atoms with Gasteiger partial charge >= 0.3 is 0 Å². The summed E-state index contributed by atoms with van der Waals surface area (Å²) in [6, 6.07) is 11.6. The van der Waals surface area contributed by atoms with Gasteiger partial charge in [0.1, 0.15) is 5.69 Å². The summed E-state index contributed by atoms with van der Waals surface area (Å²) in [5.41, 5.74) is 1.48. The predicted molar refractivity (Wildman–Crippen MR) is 156 cm³/mol. The molecule has 0 radical (unpaired) electrons. The first-order chi connectivity index (χ1) is 21.1. The summed E-state index contributed by atoms with van der Waals surface area (Å²) >= 11 is 0. The van der Waals surface area contributed by atoms with Crippen LogP contribution in [0, 0.1) is 17.5 Å². The van der Waals surface area contributed by atoms with Crippen molar-refractivity contribution in [3.05, 3.63) is 118 Å². The molecule has 0 spiro atoms. The second-order valence-corrected chi connectivity index (χ2v) is 12.5. The Morgan fingerprint density at radius 1 is 0.977 bits per heavy atom. The van der Waals surface area contributed by atoms with Crippen molar-refractivity contribution in [1.82, 2.24) is 18.9 Å². The lowest BCUT2D eigenvalue weighted by atomic mass is 9.85. The van der Waals surface area contributed by atoms with Crippen LogP contribution in [0.5, 0.6) is 0 Å². The average molecular weight is 622 g/mol. The van der Waals surface area contributed by atoms with Crippen LogP contribution in [0.4, 0.5) is 18.9 Å². The molecule has 1 saturated carbocycles. The summed E-state index contributed by atoms with van der Waals surface area (Å²) in [7, 11) is -4.73. The van der Waals surface area contributed by atoms with Gasteiger partial charge in [0.25, 0.3) is 21.5 Å². The predicted octanol–water partition coefficient (Wildman–Crippen LogP) is 5.67.